The van der Waals surface area contributed by atoms with Gasteiger partial charge in [0.25, 0.3) is 0 Å². The Morgan fingerprint density at radius 2 is 0.877 bits per heavy atom. The largest absolute Gasteiger partial charge is 0.208 e. The fourth-order valence-corrected chi connectivity index (χ4v) is 14.4. The molecule has 4 fully saturated rings. The number of rotatable bonds is 5. The zero-order chi connectivity index (χ0) is 43.0. The molecule has 1 heterocycles. The molecule has 0 unspecified atom stereocenters. The van der Waals surface area contributed by atoms with Crippen molar-refractivity contribution in [1.29, 1.82) is 0 Å². The van der Waals surface area contributed by atoms with Crippen molar-refractivity contribution in [3.05, 3.63) is 198 Å². The number of hydrogen-bond donors (Lipinski definition) is 0. The van der Waals surface area contributed by atoms with E-state index in [1.165, 1.54) is 92.9 Å². The number of fused-ring (bicyclic) bond motifs is 8. The lowest BCUT2D eigenvalue weighted by Gasteiger charge is -2.61. The number of aromatic nitrogens is 3. The number of nitrogens with zero attached hydrogens (tertiary/aromatic N) is 3. The van der Waals surface area contributed by atoms with E-state index < -0.39 is 0 Å². The van der Waals surface area contributed by atoms with Crippen LogP contribution >= 0.6 is 0 Å². The van der Waals surface area contributed by atoms with E-state index >= 15 is 0 Å². The Labute approximate surface area is 381 Å². The molecule has 3 heteroatoms. The quantitative estimate of drug-likeness (QED) is 0.173. The van der Waals surface area contributed by atoms with E-state index in [2.05, 4.69) is 190 Å². The first-order valence-corrected chi connectivity index (χ1v) is 23.9. The van der Waals surface area contributed by atoms with Gasteiger partial charge in [-0.1, -0.05) is 184 Å². The third-order valence-electron chi connectivity index (χ3n) is 16.7. The molecule has 15 rings (SSSR count). The third kappa shape index (κ3) is 5.27. The Kier molecular flexibility index (Phi) is 7.92. The summed E-state index contributed by atoms with van der Waals surface area (Å²) < 4.78 is 0. The van der Waals surface area contributed by atoms with Crippen molar-refractivity contribution >= 4 is 10.8 Å². The van der Waals surface area contributed by atoms with E-state index in [-0.39, 0.29) is 10.8 Å². The van der Waals surface area contributed by atoms with Gasteiger partial charge in [-0.25, -0.2) is 15.0 Å². The monoisotopic (exact) mass is 835 g/mol. The van der Waals surface area contributed by atoms with Crippen LogP contribution in [-0.2, 0) is 10.8 Å². The topological polar surface area (TPSA) is 38.7 Å². The Bertz CT molecular complexity index is 3370. The predicted octanol–water partition coefficient (Wildman–Crippen LogP) is 15.4. The molecule has 0 N–H and O–H groups in total. The van der Waals surface area contributed by atoms with Crippen LogP contribution in [0.2, 0.25) is 0 Å². The molecule has 65 heavy (non-hydrogen) atoms. The maximum absolute atomic E-state index is 5.58. The van der Waals surface area contributed by atoms with Crippen LogP contribution in [0.4, 0.5) is 0 Å². The van der Waals surface area contributed by atoms with E-state index in [1.807, 2.05) is 0 Å². The van der Waals surface area contributed by atoms with Gasteiger partial charge in [0.2, 0.25) is 0 Å². The summed E-state index contributed by atoms with van der Waals surface area (Å²) in [6.45, 7) is 4.98. The van der Waals surface area contributed by atoms with Crippen molar-refractivity contribution in [3.63, 3.8) is 0 Å². The van der Waals surface area contributed by atoms with Crippen LogP contribution in [0.1, 0.15) is 68.2 Å². The van der Waals surface area contributed by atoms with E-state index in [0.717, 1.165) is 39.9 Å². The first-order valence-electron chi connectivity index (χ1n) is 23.9. The second-order valence-corrected chi connectivity index (χ2v) is 20.3. The maximum Gasteiger partial charge on any atom is 0.164 e. The van der Waals surface area contributed by atoms with Gasteiger partial charge in [-0.05, 0) is 139 Å². The SMILES string of the molecule is CC1(C)c2ccccc2-c2cc(-c3nc(-c4ccccc4)nc(-c4ccc(-c5cccc6cccc(-c7ccccc7)c56)cc4)n3)c3c(c21)C1(c2ccccc2-3)C2CC3CC(C2)CC1C3. The molecule has 0 saturated heterocycles. The molecule has 4 saturated carbocycles. The Balaban J connectivity index is 0.999. The minimum Gasteiger partial charge on any atom is -0.208 e. The van der Waals surface area contributed by atoms with Crippen molar-refractivity contribution in [1.82, 2.24) is 15.0 Å². The first-order chi connectivity index (χ1) is 31.9. The molecule has 3 nitrogen and oxygen atoms in total. The van der Waals surface area contributed by atoms with Crippen LogP contribution in [-0.4, -0.2) is 15.0 Å². The van der Waals surface area contributed by atoms with E-state index in [4.69, 9.17) is 15.0 Å². The average molecular weight is 836 g/mol. The fourth-order valence-electron chi connectivity index (χ4n) is 14.4. The van der Waals surface area contributed by atoms with Crippen molar-refractivity contribution in [2.45, 2.75) is 56.8 Å². The lowest BCUT2D eigenvalue weighted by atomic mass is 9.42. The summed E-state index contributed by atoms with van der Waals surface area (Å²) in [6, 6.07) is 64.6. The molecule has 6 aliphatic rings. The highest BCUT2D eigenvalue weighted by Gasteiger charge is 2.63. The van der Waals surface area contributed by atoms with Crippen LogP contribution in [0.15, 0.2) is 176 Å². The van der Waals surface area contributed by atoms with Crippen LogP contribution in [0.3, 0.4) is 0 Å². The molecule has 0 atom stereocenters. The molecule has 4 bridgehead atoms. The van der Waals surface area contributed by atoms with Gasteiger partial charge in [0.1, 0.15) is 0 Å². The van der Waals surface area contributed by atoms with E-state index in [9.17, 15) is 0 Å². The van der Waals surface area contributed by atoms with Crippen molar-refractivity contribution in [3.8, 4) is 78.7 Å². The van der Waals surface area contributed by atoms with Crippen molar-refractivity contribution < 1.29 is 0 Å². The van der Waals surface area contributed by atoms with Gasteiger partial charge >= 0.3 is 0 Å². The summed E-state index contributed by atoms with van der Waals surface area (Å²) in [5, 5.41) is 2.49. The average Bonchev–Trinajstić information content (AvgIpc) is 3.78. The molecular weight excluding hydrogens is 787 g/mol. The zero-order valence-corrected chi connectivity index (χ0v) is 36.9. The summed E-state index contributed by atoms with van der Waals surface area (Å²) in [5.74, 6) is 5.12. The zero-order valence-electron chi connectivity index (χ0n) is 36.9. The smallest absolute Gasteiger partial charge is 0.164 e. The molecule has 8 aromatic carbocycles. The molecule has 6 aliphatic carbocycles. The molecule has 9 aromatic rings. The standard InChI is InChI=1S/C62H49N3/c1-61(2)52-25-11-9-21-48(52)50-36-51(55-49-22-10-12-26-53(49)62(57(55)56(50)61)44-32-37-31-38(34-44)35-45(62)33-37)60-64-58(42-17-7-4-8-18-42)63-59(65-60)43-29-27-40(28-30-43)47-24-14-20-41-19-13-23-46(54(41)47)39-15-5-3-6-16-39/h3-30,36-38,44-45H,31-35H2,1-2H3. The first kappa shape index (κ1) is 37.4. The summed E-state index contributed by atoms with van der Waals surface area (Å²) in [6.07, 6.45) is 6.78. The van der Waals surface area contributed by atoms with Gasteiger partial charge in [-0.3, -0.25) is 0 Å². The second-order valence-electron chi connectivity index (χ2n) is 20.3. The van der Waals surface area contributed by atoms with Crippen LogP contribution in [0.25, 0.3) is 89.4 Å². The molecule has 1 aromatic heterocycles. The second kappa shape index (κ2) is 13.8. The number of benzene rings is 8. The number of hydrogen-bond acceptors (Lipinski definition) is 3. The van der Waals surface area contributed by atoms with Gasteiger partial charge in [-0.2, -0.15) is 0 Å². The van der Waals surface area contributed by atoms with Gasteiger partial charge in [0.05, 0.1) is 0 Å². The summed E-state index contributed by atoms with van der Waals surface area (Å²) in [4.78, 5) is 16.4. The maximum atomic E-state index is 5.58. The van der Waals surface area contributed by atoms with Crippen molar-refractivity contribution in [2.24, 2.45) is 23.7 Å². The molecule has 1 spiro atoms. The van der Waals surface area contributed by atoms with Crippen molar-refractivity contribution in [2.75, 3.05) is 0 Å². The highest BCUT2D eigenvalue weighted by Crippen LogP contribution is 2.72. The minimum atomic E-state index is -0.147. The van der Waals surface area contributed by atoms with Gasteiger partial charge in [-0.15, -0.1) is 0 Å². The molecular formula is C62H49N3. The predicted molar refractivity (Wildman–Crippen MR) is 265 cm³/mol. The van der Waals surface area contributed by atoms with Crippen LogP contribution in [0.5, 0.6) is 0 Å². The lowest BCUT2D eigenvalue weighted by molar-refractivity contribution is -0.0404. The molecule has 0 radical (unpaired) electrons. The van der Waals surface area contributed by atoms with Gasteiger partial charge in [0.15, 0.2) is 17.5 Å². The lowest BCUT2D eigenvalue weighted by Crippen LogP contribution is -2.55. The highest BCUT2D eigenvalue weighted by molar-refractivity contribution is 6.06. The summed E-state index contributed by atoms with van der Waals surface area (Å²) in [5.41, 5.74) is 19.3. The minimum absolute atomic E-state index is 0.0192. The molecule has 0 aliphatic heterocycles. The van der Waals surface area contributed by atoms with E-state index in [0.29, 0.717) is 23.5 Å². The Hall–Kier alpha value is -6.97. The Morgan fingerprint density at radius 3 is 1.52 bits per heavy atom. The summed E-state index contributed by atoms with van der Waals surface area (Å²) in [7, 11) is 0. The van der Waals surface area contributed by atoms with E-state index in [1.54, 1.807) is 11.1 Å². The molecule has 312 valence electrons. The third-order valence-corrected chi connectivity index (χ3v) is 16.7. The fraction of sp³-hybridized carbons (Fsp3) is 0.210. The normalized spacial score (nSPS) is 22.5. The highest BCUT2D eigenvalue weighted by atomic mass is 15.0. The van der Waals surface area contributed by atoms with Crippen LogP contribution < -0.4 is 0 Å². The van der Waals surface area contributed by atoms with Crippen LogP contribution in [0, 0.1) is 23.7 Å². The van der Waals surface area contributed by atoms with Gasteiger partial charge in [0, 0.05) is 27.5 Å². The molecule has 0 amide bonds. The summed E-state index contributed by atoms with van der Waals surface area (Å²) >= 11 is 0. The Morgan fingerprint density at radius 1 is 0.385 bits per heavy atom. The van der Waals surface area contributed by atoms with Gasteiger partial charge < -0.3 is 0 Å².